The summed E-state index contributed by atoms with van der Waals surface area (Å²) in [5.74, 6) is 1.16. The number of nitrogens with one attached hydrogen (secondary N) is 2. The average Bonchev–Trinajstić information content (AvgIpc) is 3.26. The second-order valence-corrected chi connectivity index (χ2v) is 7.49. The number of nitrogens with zero attached hydrogens (tertiary/aromatic N) is 2. The number of anilines is 1. The van der Waals surface area contributed by atoms with Crippen LogP contribution in [0.1, 0.15) is 18.4 Å². The van der Waals surface area contributed by atoms with Gasteiger partial charge in [0, 0.05) is 25.2 Å². The summed E-state index contributed by atoms with van der Waals surface area (Å²) in [6.45, 7) is 1.56. The SMILES string of the molecule is COc1ccc(-c2cc(N3CCCC(NC(=O)Cc4ccccc4F)C3)n[nH]2)cc1. The summed E-state index contributed by atoms with van der Waals surface area (Å²) in [6, 6.07) is 16.2. The molecule has 2 heterocycles. The van der Waals surface area contributed by atoms with Crippen LogP contribution in [0, 0.1) is 5.82 Å². The van der Waals surface area contributed by atoms with E-state index in [-0.39, 0.29) is 24.2 Å². The molecule has 0 aliphatic carbocycles. The lowest BCUT2D eigenvalue weighted by atomic mass is 10.0. The highest BCUT2D eigenvalue weighted by atomic mass is 19.1. The third-order valence-electron chi connectivity index (χ3n) is 5.38. The maximum Gasteiger partial charge on any atom is 0.224 e. The largest absolute Gasteiger partial charge is 0.497 e. The molecule has 0 spiro atoms. The Hall–Kier alpha value is -3.35. The smallest absolute Gasteiger partial charge is 0.224 e. The molecule has 1 fully saturated rings. The monoisotopic (exact) mass is 408 g/mol. The number of methoxy groups -OCH3 is 1. The van der Waals surface area contributed by atoms with Crippen molar-refractivity contribution in [2.45, 2.75) is 25.3 Å². The highest BCUT2D eigenvalue weighted by Gasteiger charge is 2.23. The number of carbonyl (C=O) groups is 1. The van der Waals surface area contributed by atoms with Crippen LogP contribution in [0.25, 0.3) is 11.3 Å². The number of aromatic amines is 1. The Bertz CT molecular complexity index is 1000. The molecule has 4 rings (SSSR count). The summed E-state index contributed by atoms with van der Waals surface area (Å²) in [5, 5.41) is 10.6. The first-order valence-electron chi connectivity index (χ1n) is 10.1. The molecule has 1 saturated heterocycles. The highest BCUT2D eigenvalue weighted by molar-refractivity contribution is 5.79. The van der Waals surface area contributed by atoms with Crippen molar-refractivity contribution < 1.29 is 13.9 Å². The van der Waals surface area contributed by atoms with Gasteiger partial charge in [-0.25, -0.2) is 4.39 Å². The number of benzene rings is 2. The van der Waals surface area contributed by atoms with Gasteiger partial charge in [-0.1, -0.05) is 18.2 Å². The van der Waals surface area contributed by atoms with E-state index in [4.69, 9.17) is 4.74 Å². The minimum absolute atomic E-state index is 0.0131. The van der Waals surface area contributed by atoms with Gasteiger partial charge in [-0.3, -0.25) is 9.89 Å². The number of amides is 1. The van der Waals surface area contributed by atoms with E-state index in [1.807, 2.05) is 30.3 Å². The fraction of sp³-hybridized carbons (Fsp3) is 0.304. The Morgan fingerprint density at radius 1 is 1.27 bits per heavy atom. The molecular formula is C23H25FN4O2. The van der Waals surface area contributed by atoms with E-state index in [1.165, 1.54) is 6.07 Å². The van der Waals surface area contributed by atoms with Gasteiger partial charge in [0.1, 0.15) is 11.6 Å². The van der Waals surface area contributed by atoms with Crippen molar-refractivity contribution in [1.82, 2.24) is 15.5 Å². The van der Waals surface area contributed by atoms with Gasteiger partial charge in [0.15, 0.2) is 5.82 Å². The van der Waals surface area contributed by atoms with Crippen LogP contribution in [-0.2, 0) is 11.2 Å². The molecular weight excluding hydrogens is 383 g/mol. The summed E-state index contributed by atoms with van der Waals surface area (Å²) in [7, 11) is 1.64. The summed E-state index contributed by atoms with van der Waals surface area (Å²) >= 11 is 0. The molecule has 1 aliphatic heterocycles. The maximum absolute atomic E-state index is 13.8. The molecule has 1 aromatic heterocycles. The van der Waals surface area contributed by atoms with Gasteiger partial charge in [0.25, 0.3) is 0 Å². The summed E-state index contributed by atoms with van der Waals surface area (Å²) in [6.07, 6.45) is 1.90. The van der Waals surface area contributed by atoms with Crippen LogP contribution >= 0.6 is 0 Å². The van der Waals surface area contributed by atoms with E-state index in [1.54, 1.807) is 25.3 Å². The number of H-pyrrole nitrogens is 1. The van der Waals surface area contributed by atoms with Crippen molar-refractivity contribution in [2.24, 2.45) is 0 Å². The quantitative estimate of drug-likeness (QED) is 0.654. The molecule has 0 bridgehead atoms. The number of hydrogen-bond donors (Lipinski definition) is 2. The van der Waals surface area contributed by atoms with Crippen LogP contribution in [-0.4, -0.2) is 42.3 Å². The lowest BCUT2D eigenvalue weighted by Crippen LogP contribution is -2.48. The first kappa shape index (κ1) is 19.9. The Balaban J connectivity index is 1.37. The van der Waals surface area contributed by atoms with Gasteiger partial charge < -0.3 is 15.0 Å². The van der Waals surface area contributed by atoms with Gasteiger partial charge >= 0.3 is 0 Å². The molecule has 30 heavy (non-hydrogen) atoms. The molecule has 3 aromatic rings. The number of aromatic nitrogens is 2. The zero-order chi connectivity index (χ0) is 20.9. The molecule has 1 unspecified atom stereocenters. The van der Waals surface area contributed by atoms with E-state index in [9.17, 15) is 9.18 Å². The molecule has 156 valence electrons. The average molecular weight is 408 g/mol. The second kappa shape index (κ2) is 8.98. The Labute approximate surface area is 175 Å². The Morgan fingerprint density at radius 2 is 2.07 bits per heavy atom. The molecule has 1 amide bonds. The molecule has 6 nitrogen and oxygen atoms in total. The number of hydrogen-bond acceptors (Lipinski definition) is 4. The van der Waals surface area contributed by atoms with Crippen LogP contribution in [0.4, 0.5) is 10.2 Å². The zero-order valence-corrected chi connectivity index (χ0v) is 16.9. The lowest BCUT2D eigenvalue weighted by molar-refractivity contribution is -0.121. The first-order valence-corrected chi connectivity index (χ1v) is 10.1. The van der Waals surface area contributed by atoms with Gasteiger partial charge in [-0.2, -0.15) is 5.10 Å². The number of ether oxygens (including phenoxy) is 1. The van der Waals surface area contributed by atoms with E-state index in [0.717, 1.165) is 42.2 Å². The van der Waals surface area contributed by atoms with Gasteiger partial charge in [-0.05, 0) is 54.3 Å². The third kappa shape index (κ3) is 4.62. The number of halogens is 1. The fourth-order valence-corrected chi connectivity index (χ4v) is 3.79. The van der Waals surface area contributed by atoms with Gasteiger partial charge in [0.2, 0.25) is 5.91 Å². The molecule has 1 atom stereocenters. The summed E-state index contributed by atoms with van der Waals surface area (Å²) in [4.78, 5) is 14.6. The summed E-state index contributed by atoms with van der Waals surface area (Å²) in [5.41, 5.74) is 2.37. The van der Waals surface area contributed by atoms with Crippen LogP contribution in [0.5, 0.6) is 5.75 Å². The van der Waals surface area contributed by atoms with Crippen molar-refractivity contribution in [3.05, 3.63) is 66.0 Å². The second-order valence-electron chi connectivity index (χ2n) is 7.49. The number of piperidine rings is 1. The van der Waals surface area contributed by atoms with Crippen LogP contribution < -0.4 is 15.0 Å². The van der Waals surface area contributed by atoms with E-state index in [2.05, 4.69) is 20.4 Å². The fourth-order valence-electron chi connectivity index (χ4n) is 3.79. The maximum atomic E-state index is 13.8. The van der Waals surface area contributed by atoms with Crippen molar-refractivity contribution in [1.29, 1.82) is 0 Å². The van der Waals surface area contributed by atoms with Gasteiger partial charge in [0.05, 0.1) is 19.2 Å². The van der Waals surface area contributed by atoms with E-state index < -0.39 is 0 Å². The van der Waals surface area contributed by atoms with Crippen LogP contribution in [0.3, 0.4) is 0 Å². The molecule has 7 heteroatoms. The topological polar surface area (TPSA) is 70.2 Å². The lowest BCUT2D eigenvalue weighted by Gasteiger charge is -2.33. The molecule has 2 aromatic carbocycles. The normalized spacial score (nSPS) is 16.3. The standard InChI is InChI=1S/C23H25FN4O2/c1-30-19-10-8-16(9-11-19)21-14-22(27-26-21)28-12-4-6-18(15-28)25-23(29)13-17-5-2-3-7-20(17)24/h2-3,5,7-11,14,18H,4,6,12-13,15H2,1H3,(H,25,29)(H,26,27). The first-order chi connectivity index (χ1) is 14.6. The molecule has 2 N–H and O–H groups in total. The number of rotatable bonds is 6. The molecule has 0 saturated carbocycles. The van der Waals surface area contributed by atoms with E-state index in [0.29, 0.717) is 12.1 Å². The van der Waals surface area contributed by atoms with E-state index >= 15 is 0 Å². The third-order valence-corrected chi connectivity index (χ3v) is 5.38. The van der Waals surface area contributed by atoms with Crippen LogP contribution in [0.15, 0.2) is 54.6 Å². The minimum atomic E-state index is -0.347. The molecule has 1 aliphatic rings. The van der Waals surface area contributed by atoms with Crippen molar-refractivity contribution in [3.8, 4) is 17.0 Å². The Kier molecular flexibility index (Phi) is 5.97. The predicted octanol–water partition coefficient (Wildman–Crippen LogP) is 3.55. The van der Waals surface area contributed by atoms with Crippen molar-refractivity contribution in [3.63, 3.8) is 0 Å². The predicted molar refractivity (Wildman–Crippen MR) is 114 cm³/mol. The zero-order valence-electron chi connectivity index (χ0n) is 16.9. The van der Waals surface area contributed by atoms with Crippen molar-refractivity contribution in [2.75, 3.05) is 25.1 Å². The minimum Gasteiger partial charge on any atom is -0.497 e. The number of carbonyl (C=O) groups excluding carboxylic acids is 1. The summed E-state index contributed by atoms with van der Waals surface area (Å²) < 4.78 is 19.0. The van der Waals surface area contributed by atoms with Crippen LogP contribution in [0.2, 0.25) is 0 Å². The van der Waals surface area contributed by atoms with Crippen molar-refractivity contribution >= 4 is 11.7 Å². The molecule has 0 radical (unpaired) electrons. The van der Waals surface area contributed by atoms with Gasteiger partial charge in [-0.15, -0.1) is 0 Å². The Morgan fingerprint density at radius 3 is 2.83 bits per heavy atom. The highest BCUT2D eigenvalue weighted by Crippen LogP contribution is 2.25.